The standard InChI is InChI=1S/C25H31N7/c1-18-6-8-20-10-12-22(30-24(20)28-18)26-14-4-16-32(3)17-5-15-27-23-13-11-21-9-7-19(2)29-25(21)31-23/h6-13H,4-5,14-17H2,1-3H3,(H,26,28,30)(H,27,29,31). The van der Waals surface area contributed by atoms with Gasteiger partial charge in [0.05, 0.1) is 0 Å². The molecule has 32 heavy (non-hydrogen) atoms. The molecule has 7 heteroatoms. The van der Waals surface area contributed by atoms with E-state index in [1.807, 2.05) is 38.1 Å². The number of hydrogen-bond donors (Lipinski definition) is 2. The van der Waals surface area contributed by atoms with E-state index in [0.29, 0.717) is 0 Å². The van der Waals surface area contributed by atoms with Gasteiger partial charge in [-0.2, -0.15) is 0 Å². The Morgan fingerprint density at radius 1 is 0.625 bits per heavy atom. The molecule has 0 atom stereocenters. The summed E-state index contributed by atoms with van der Waals surface area (Å²) in [6, 6.07) is 16.3. The maximum atomic E-state index is 4.61. The van der Waals surface area contributed by atoms with Crippen molar-refractivity contribution < 1.29 is 0 Å². The van der Waals surface area contributed by atoms with Gasteiger partial charge >= 0.3 is 0 Å². The molecule has 0 bridgehead atoms. The molecule has 4 aromatic heterocycles. The molecule has 0 aliphatic heterocycles. The first-order valence-corrected chi connectivity index (χ1v) is 11.2. The molecule has 4 heterocycles. The lowest BCUT2D eigenvalue weighted by molar-refractivity contribution is 0.331. The van der Waals surface area contributed by atoms with Crippen LogP contribution in [0.3, 0.4) is 0 Å². The molecule has 166 valence electrons. The summed E-state index contributed by atoms with van der Waals surface area (Å²) in [5.74, 6) is 1.77. The number of pyridine rings is 4. The van der Waals surface area contributed by atoms with E-state index >= 15 is 0 Å². The van der Waals surface area contributed by atoms with Gasteiger partial charge in [0.15, 0.2) is 11.3 Å². The summed E-state index contributed by atoms with van der Waals surface area (Å²) in [7, 11) is 2.17. The van der Waals surface area contributed by atoms with Crippen molar-refractivity contribution in [2.24, 2.45) is 0 Å². The van der Waals surface area contributed by atoms with Crippen LogP contribution in [0.5, 0.6) is 0 Å². The van der Waals surface area contributed by atoms with Crippen molar-refractivity contribution in [3.05, 3.63) is 59.9 Å². The highest BCUT2D eigenvalue weighted by Gasteiger charge is 2.03. The third-order valence-electron chi connectivity index (χ3n) is 5.43. The largest absolute Gasteiger partial charge is 0.370 e. The van der Waals surface area contributed by atoms with Crippen molar-refractivity contribution in [3.63, 3.8) is 0 Å². The molecule has 0 saturated heterocycles. The van der Waals surface area contributed by atoms with Crippen LogP contribution >= 0.6 is 0 Å². The van der Waals surface area contributed by atoms with Crippen molar-refractivity contribution in [1.82, 2.24) is 24.8 Å². The topological polar surface area (TPSA) is 78.9 Å². The predicted octanol–water partition coefficient (Wildman–Crippen LogP) is 4.43. The van der Waals surface area contributed by atoms with Crippen molar-refractivity contribution in [1.29, 1.82) is 0 Å². The zero-order valence-electron chi connectivity index (χ0n) is 19.1. The fourth-order valence-corrected chi connectivity index (χ4v) is 3.63. The molecule has 0 fully saturated rings. The number of nitrogens with zero attached hydrogens (tertiary/aromatic N) is 5. The van der Waals surface area contributed by atoms with Gasteiger partial charge in [-0.1, -0.05) is 0 Å². The fraction of sp³-hybridized carbons (Fsp3) is 0.360. The third kappa shape index (κ3) is 5.88. The summed E-state index contributed by atoms with van der Waals surface area (Å²) in [5, 5.41) is 8.97. The summed E-state index contributed by atoms with van der Waals surface area (Å²) in [6.07, 6.45) is 2.12. The Labute approximate surface area is 189 Å². The maximum Gasteiger partial charge on any atom is 0.161 e. The molecule has 0 saturated carbocycles. The molecule has 2 N–H and O–H groups in total. The highest BCUT2D eigenvalue weighted by Crippen LogP contribution is 2.15. The van der Waals surface area contributed by atoms with Crippen molar-refractivity contribution in [3.8, 4) is 0 Å². The molecule has 0 aliphatic carbocycles. The van der Waals surface area contributed by atoms with Gasteiger partial charge in [-0.15, -0.1) is 0 Å². The number of anilines is 2. The summed E-state index contributed by atoms with van der Waals surface area (Å²) in [4.78, 5) is 20.6. The van der Waals surface area contributed by atoms with Gasteiger partial charge < -0.3 is 15.5 Å². The van der Waals surface area contributed by atoms with Crippen LogP contribution in [0.2, 0.25) is 0 Å². The molecule has 0 radical (unpaired) electrons. The van der Waals surface area contributed by atoms with E-state index < -0.39 is 0 Å². The molecular formula is C25H31N7. The first-order chi connectivity index (χ1) is 15.6. The maximum absolute atomic E-state index is 4.61. The van der Waals surface area contributed by atoms with Crippen molar-refractivity contribution >= 4 is 33.7 Å². The quantitative estimate of drug-likeness (QED) is 0.361. The molecule has 4 aromatic rings. The van der Waals surface area contributed by atoms with E-state index in [9.17, 15) is 0 Å². The van der Waals surface area contributed by atoms with E-state index in [2.05, 4.69) is 66.8 Å². The van der Waals surface area contributed by atoms with Crippen LogP contribution in [-0.2, 0) is 0 Å². The van der Waals surface area contributed by atoms with Gasteiger partial charge in [0.25, 0.3) is 0 Å². The van der Waals surface area contributed by atoms with E-state index in [-0.39, 0.29) is 0 Å². The summed E-state index contributed by atoms with van der Waals surface area (Å²) in [5.41, 5.74) is 3.57. The average molecular weight is 430 g/mol. The van der Waals surface area contributed by atoms with E-state index in [0.717, 1.165) is 84.1 Å². The lowest BCUT2D eigenvalue weighted by atomic mass is 10.2. The molecule has 0 aliphatic rings. The lowest BCUT2D eigenvalue weighted by Gasteiger charge is -2.17. The van der Waals surface area contributed by atoms with Crippen LogP contribution in [0.1, 0.15) is 24.2 Å². The van der Waals surface area contributed by atoms with E-state index in [4.69, 9.17) is 0 Å². The Kier molecular flexibility index (Phi) is 7.07. The van der Waals surface area contributed by atoms with Crippen molar-refractivity contribution in [2.75, 3.05) is 43.9 Å². The normalized spacial score (nSPS) is 11.4. The second-order valence-corrected chi connectivity index (χ2v) is 8.26. The highest BCUT2D eigenvalue weighted by atomic mass is 15.1. The number of hydrogen-bond acceptors (Lipinski definition) is 7. The smallest absolute Gasteiger partial charge is 0.161 e. The average Bonchev–Trinajstić information content (AvgIpc) is 2.79. The van der Waals surface area contributed by atoms with Gasteiger partial charge in [-0.25, -0.2) is 19.9 Å². The van der Waals surface area contributed by atoms with E-state index in [1.54, 1.807) is 0 Å². The van der Waals surface area contributed by atoms with Crippen LogP contribution in [0.15, 0.2) is 48.5 Å². The van der Waals surface area contributed by atoms with Gasteiger partial charge in [0, 0.05) is 35.2 Å². The Hall–Kier alpha value is -3.32. The van der Waals surface area contributed by atoms with Crippen molar-refractivity contribution in [2.45, 2.75) is 26.7 Å². The molecule has 7 nitrogen and oxygen atoms in total. The molecular weight excluding hydrogens is 398 g/mol. The monoisotopic (exact) mass is 429 g/mol. The van der Waals surface area contributed by atoms with Crippen LogP contribution in [0, 0.1) is 13.8 Å². The highest BCUT2D eigenvalue weighted by molar-refractivity contribution is 5.77. The molecule has 0 amide bonds. The Morgan fingerprint density at radius 3 is 1.53 bits per heavy atom. The number of nitrogens with one attached hydrogen (secondary N) is 2. The zero-order valence-corrected chi connectivity index (χ0v) is 19.1. The first kappa shape index (κ1) is 21.9. The minimum absolute atomic E-state index is 0.798. The number of aromatic nitrogens is 4. The summed E-state index contributed by atoms with van der Waals surface area (Å²) < 4.78 is 0. The second kappa shape index (κ2) is 10.3. The third-order valence-corrected chi connectivity index (χ3v) is 5.43. The second-order valence-electron chi connectivity index (χ2n) is 8.26. The van der Waals surface area contributed by atoms with Crippen LogP contribution in [0.25, 0.3) is 22.1 Å². The van der Waals surface area contributed by atoms with Crippen LogP contribution in [0.4, 0.5) is 11.6 Å². The lowest BCUT2D eigenvalue weighted by Crippen LogP contribution is -2.24. The Bertz CT molecular complexity index is 1100. The van der Waals surface area contributed by atoms with Gasteiger partial charge in [0.1, 0.15) is 11.6 Å². The SMILES string of the molecule is Cc1ccc2ccc(NCCCN(C)CCCNc3ccc4ccc(C)nc4n3)nc2n1. The van der Waals surface area contributed by atoms with Crippen LogP contribution < -0.4 is 10.6 Å². The van der Waals surface area contributed by atoms with Gasteiger partial charge in [-0.05, 0) is 95.4 Å². The number of fused-ring (bicyclic) bond motifs is 2. The molecule has 0 aromatic carbocycles. The Morgan fingerprint density at radius 2 is 1.06 bits per heavy atom. The predicted molar refractivity (Wildman–Crippen MR) is 132 cm³/mol. The molecule has 0 unspecified atom stereocenters. The Balaban J connectivity index is 1.14. The minimum atomic E-state index is 0.798. The first-order valence-electron chi connectivity index (χ1n) is 11.2. The van der Waals surface area contributed by atoms with Crippen LogP contribution in [-0.4, -0.2) is 58.1 Å². The minimum Gasteiger partial charge on any atom is -0.370 e. The molecule has 4 rings (SSSR count). The summed E-state index contributed by atoms with van der Waals surface area (Å²) in [6.45, 7) is 7.83. The summed E-state index contributed by atoms with van der Waals surface area (Å²) >= 11 is 0. The fourth-order valence-electron chi connectivity index (χ4n) is 3.63. The van der Waals surface area contributed by atoms with Gasteiger partial charge in [0.2, 0.25) is 0 Å². The number of aryl methyl sites for hydroxylation is 2. The molecule has 0 spiro atoms. The van der Waals surface area contributed by atoms with Gasteiger partial charge in [-0.3, -0.25) is 0 Å². The van der Waals surface area contributed by atoms with E-state index in [1.165, 1.54) is 0 Å². The zero-order chi connectivity index (χ0) is 22.3. The number of rotatable bonds is 10.